The second-order valence-electron chi connectivity index (χ2n) is 4.91. The molecule has 1 aliphatic carbocycles. The lowest BCUT2D eigenvalue weighted by Crippen LogP contribution is -2.40. The van der Waals surface area contributed by atoms with E-state index in [1.165, 1.54) is 6.42 Å². The Morgan fingerprint density at radius 2 is 2.00 bits per heavy atom. The van der Waals surface area contributed by atoms with Crippen molar-refractivity contribution in [3.8, 4) is 0 Å². The van der Waals surface area contributed by atoms with E-state index in [0.29, 0.717) is 10.4 Å². The topological polar surface area (TPSA) is 72.2 Å². The number of anilines is 1. The molecule has 0 heterocycles. The van der Waals surface area contributed by atoms with Crippen molar-refractivity contribution in [2.24, 2.45) is 5.92 Å². The third-order valence-electron chi connectivity index (χ3n) is 3.50. The molecule has 1 saturated carbocycles. The maximum absolute atomic E-state index is 12.4. The van der Waals surface area contributed by atoms with Gasteiger partial charge in [-0.05, 0) is 53.7 Å². The van der Waals surface area contributed by atoms with Gasteiger partial charge in [-0.3, -0.25) is 0 Å². The molecule has 7 heteroatoms. The number of sulfonamides is 1. The molecule has 1 aromatic rings. The van der Waals surface area contributed by atoms with Crippen molar-refractivity contribution in [2.45, 2.75) is 37.1 Å². The van der Waals surface area contributed by atoms with Gasteiger partial charge in [-0.1, -0.05) is 22.4 Å². The third kappa shape index (κ3) is 3.32. The summed E-state index contributed by atoms with van der Waals surface area (Å²) in [5.74, 6) is 0.435. The lowest BCUT2D eigenvalue weighted by Gasteiger charge is -2.31. The smallest absolute Gasteiger partial charge is 0.243 e. The SMILES string of the molecule is CC(NS(=O)(=O)c1c(N)cc(Br)cc1Br)C1CCC1. The average molecular weight is 412 g/mol. The van der Waals surface area contributed by atoms with Crippen LogP contribution in [0.4, 0.5) is 5.69 Å². The lowest BCUT2D eigenvalue weighted by molar-refractivity contribution is 0.260. The summed E-state index contributed by atoms with van der Waals surface area (Å²) in [5, 5.41) is 0. The molecule has 0 aromatic heterocycles. The molecule has 0 bridgehead atoms. The van der Waals surface area contributed by atoms with Gasteiger partial charge in [0.05, 0.1) is 5.69 Å². The third-order valence-corrected chi connectivity index (χ3v) is 6.52. The maximum Gasteiger partial charge on any atom is 0.243 e. The molecule has 2 rings (SSSR count). The summed E-state index contributed by atoms with van der Waals surface area (Å²) in [6.45, 7) is 1.91. The molecule has 1 unspecified atom stereocenters. The highest BCUT2D eigenvalue weighted by molar-refractivity contribution is 9.11. The van der Waals surface area contributed by atoms with E-state index in [2.05, 4.69) is 36.6 Å². The van der Waals surface area contributed by atoms with Crippen molar-refractivity contribution < 1.29 is 8.42 Å². The number of rotatable bonds is 4. The molecule has 1 aromatic carbocycles. The van der Waals surface area contributed by atoms with Gasteiger partial charge in [0.2, 0.25) is 10.0 Å². The minimum absolute atomic E-state index is 0.0614. The summed E-state index contributed by atoms with van der Waals surface area (Å²) >= 11 is 6.55. The predicted molar refractivity (Wildman–Crippen MR) is 83.4 cm³/mol. The largest absolute Gasteiger partial charge is 0.398 e. The zero-order valence-corrected chi connectivity index (χ0v) is 14.5. The van der Waals surface area contributed by atoms with Crippen LogP contribution >= 0.6 is 31.9 Å². The van der Waals surface area contributed by atoms with E-state index >= 15 is 0 Å². The van der Waals surface area contributed by atoms with E-state index in [9.17, 15) is 8.42 Å². The first-order valence-electron chi connectivity index (χ1n) is 6.08. The van der Waals surface area contributed by atoms with Crippen LogP contribution in [-0.4, -0.2) is 14.5 Å². The highest BCUT2D eigenvalue weighted by atomic mass is 79.9. The Labute approximate surface area is 130 Å². The van der Waals surface area contributed by atoms with Crippen LogP contribution < -0.4 is 10.5 Å². The van der Waals surface area contributed by atoms with Crippen molar-refractivity contribution in [3.63, 3.8) is 0 Å². The van der Waals surface area contributed by atoms with Gasteiger partial charge in [-0.25, -0.2) is 13.1 Å². The molecule has 0 amide bonds. The van der Waals surface area contributed by atoms with E-state index < -0.39 is 10.0 Å². The monoisotopic (exact) mass is 410 g/mol. The summed E-state index contributed by atoms with van der Waals surface area (Å²) < 4.78 is 28.7. The molecule has 19 heavy (non-hydrogen) atoms. The summed E-state index contributed by atoms with van der Waals surface area (Å²) in [5.41, 5.74) is 6.06. The van der Waals surface area contributed by atoms with Crippen molar-refractivity contribution in [1.82, 2.24) is 4.72 Å². The number of nitrogens with one attached hydrogen (secondary N) is 1. The fourth-order valence-corrected chi connectivity index (χ4v) is 5.59. The van der Waals surface area contributed by atoms with E-state index in [-0.39, 0.29) is 16.6 Å². The second-order valence-corrected chi connectivity index (χ2v) is 8.33. The molecular weight excluding hydrogens is 396 g/mol. The number of halogens is 2. The summed E-state index contributed by atoms with van der Waals surface area (Å²) in [6, 6.07) is 3.21. The highest BCUT2D eigenvalue weighted by Crippen LogP contribution is 2.34. The van der Waals surface area contributed by atoms with Gasteiger partial charge in [0.25, 0.3) is 0 Å². The van der Waals surface area contributed by atoms with Gasteiger partial charge in [-0.15, -0.1) is 0 Å². The fourth-order valence-electron chi connectivity index (χ4n) is 2.20. The first-order valence-corrected chi connectivity index (χ1v) is 9.15. The van der Waals surface area contributed by atoms with Crippen LogP contribution in [0.5, 0.6) is 0 Å². The molecule has 1 aliphatic rings. The van der Waals surface area contributed by atoms with Crippen LogP contribution in [0.15, 0.2) is 26.0 Å². The van der Waals surface area contributed by atoms with Gasteiger partial charge >= 0.3 is 0 Å². The van der Waals surface area contributed by atoms with Crippen molar-refractivity contribution in [2.75, 3.05) is 5.73 Å². The standard InChI is InChI=1S/C12H16Br2N2O2S/c1-7(8-3-2-4-8)16-19(17,18)12-10(14)5-9(13)6-11(12)15/h5-8,16H,2-4,15H2,1H3. The Morgan fingerprint density at radius 3 is 2.47 bits per heavy atom. The van der Waals surface area contributed by atoms with Gasteiger partial charge in [0, 0.05) is 15.0 Å². The van der Waals surface area contributed by atoms with Crippen molar-refractivity contribution in [3.05, 3.63) is 21.1 Å². The van der Waals surface area contributed by atoms with Crippen molar-refractivity contribution in [1.29, 1.82) is 0 Å². The summed E-state index contributed by atoms with van der Waals surface area (Å²) in [4.78, 5) is 0.113. The van der Waals surface area contributed by atoms with Crippen molar-refractivity contribution >= 4 is 47.6 Å². The number of nitrogen functional groups attached to an aromatic ring is 1. The molecule has 4 nitrogen and oxygen atoms in total. The quantitative estimate of drug-likeness (QED) is 0.746. The van der Waals surface area contributed by atoms with Gasteiger partial charge in [0.1, 0.15) is 4.90 Å². The molecule has 106 valence electrons. The first-order chi connectivity index (χ1) is 8.81. The predicted octanol–water partition coefficient (Wildman–Crippen LogP) is 3.26. The minimum atomic E-state index is -3.60. The van der Waals surface area contributed by atoms with E-state index in [1.807, 2.05) is 6.92 Å². The van der Waals surface area contributed by atoms with E-state index in [1.54, 1.807) is 12.1 Å². The molecule has 3 N–H and O–H groups in total. The van der Waals surface area contributed by atoms with Gasteiger partial charge in [-0.2, -0.15) is 0 Å². The van der Waals surface area contributed by atoms with Crippen LogP contribution in [0.25, 0.3) is 0 Å². The number of nitrogens with two attached hydrogens (primary N) is 1. The minimum Gasteiger partial charge on any atom is -0.398 e. The van der Waals surface area contributed by atoms with Gasteiger partial charge in [0.15, 0.2) is 0 Å². The van der Waals surface area contributed by atoms with Crippen LogP contribution in [-0.2, 0) is 10.0 Å². The molecule has 1 atom stereocenters. The normalized spacial score (nSPS) is 18.1. The van der Waals surface area contributed by atoms with Crippen LogP contribution in [0.2, 0.25) is 0 Å². The van der Waals surface area contributed by atoms with E-state index in [4.69, 9.17) is 5.73 Å². The summed E-state index contributed by atoms with van der Waals surface area (Å²) in [6.07, 6.45) is 3.35. The molecular formula is C12H16Br2N2O2S. The zero-order valence-electron chi connectivity index (χ0n) is 10.5. The Bertz CT molecular complexity index is 562. The van der Waals surface area contributed by atoms with Gasteiger partial charge < -0.3 is 5.73 Å². The summed E-state index contributed by atoms with van der Waals surface area (Å²) in [7, 11) is -3.60. The maximum atomic E-state index is 12.4. The number of hydrogen-bond donors (Lipinski definition) is 2. The number of benzene rings is 1. The van der Waals surface area contributed by atoms with Crippen LogP contribution in [0.3, 0.4) is 0 Å². The molecule has 0 aliphatic heterocycles. The molecule has 0 spiro atoms. The lowest BCUT2D eigenvalue weighted by atomic mass is 9.81. The Hall–Kier alpha value is -0.110. The molecule has 0 saturated heterocycles. The Morgan fingerprint density at radius 1 is 1.37 bits per heavy atom. The molecule has 0 radical (unpaired) electrons. The second kappa shape index (κ2) is 5.71. The van der Waals surface area contributed by atoms with Crippen LogP contribution in [0.1, 0.15) is 26.2 Å². The average Bonchev–Trinajstić information content (AvgIpc) is 2.09. The fraction of sp³-hybridized carbons (Fsp3) is 0.500. The Balaban J connectivity index is 2.29. The Kier molecular flexibility index (Phi) is 4.59. The number of hydrogen-bond acceptors (Lipinski definition) is 3. The van der Waals surface area contributed by atoms with E-state index in [0.717, 1.165) is 17.3 Å². The van der Waals surface area contributed by atoms with Crippen LogP contribution in [0, 0.1) is 5.92 Å². The highest BCUT2D eigenvalue weighted by Gasteiger charge is 2.29. The molecule has 1 fully saturated rings. The first kappa shape index (κ1) is 15.3. The zero-order chi connectivity index (χ0) is 14.2.